The van der Waals surface area contributed by atoms with Gasteiger partial charge in [0.05, 0.1) is 12.7 Å². The summed E-state index contributed by atoms with van der Waals surface area (Å²) < 4.78 is 31.2. The number of thioether (sulfide) groups is 1. The lowest BCUT2D eigenvalue weighted by Crippen LogP contribution is -2.17. The molecule has 0 aliphatic heterocycles. The maximum absolute atomic E-state index is 13.7. The number of hydrogen-bond donors (Lipinski definition) is 1. The molecule has 1 aromatic rings. The van der Waals surface area contributed by atoms with Gasteiger partial charge in [-0.25, -0.2) is 13.6 Å². The standard InChI is InChI=1S/C10H10F2O3S/c1-15-10(14)9(13)7-5(11)3-4-6(16-2)8(7)12/h3-4,9,13H,1-2H3. The summed E-state index contributed by atoms with van der Waals surface area (Å²) in [7, 11) is 1.03. The van der Waals surface area contributed by atoms with Crippen molar-refractivity contribution in [3.8, 4) is 0 Å². The summed E-state index contributed by atoms with van der Waals surface area (Å²) >= 11 is 1.05. The van der Waals surface area contributed by atoms with Crippen molar-refractivity contribution in [2.75, 3.05) is 13.4 Å². The molecular formula is C10H10F2O3S. The Morgan fingerprint density at radius 2 is 2.12 bits per heavy atom. The van der Waals surface area contributed by atoms with E-state index < -0.39 is 29.3 Å². The number of rotatable bonds is 3. The largest absolute Gasteiger partial charge is 0.467 e. The zero-order valence-electron chi connectivity index (χ0n) is 8.66. The Bertz CT molecular complexity index is 409. The van der Waals surface area contributed by atoms with Gasteiger partial charge in [0.25, 0.3) is 0 Å². The SMILES string of the molecule is COC(=O)C(O)c1c(F)ccc(SC)c1F. The number of aliphatic hydroxyl groups excluding tert-OH is 1. The minimum absolute atomic E-state index is 0.152. The fraction of sp³-hybridized carbons (Fsp3) is 0.300. The van der Waals surface area contributed by atoms with E-state index in [1.54, 1.807) is 6.26 Å². The number of methoxy groups -OCH3 is 1. The van der Waals surface area contributed by atoms with Gasteiger partial charge in [-0.05, 0) is 18.4 Å². The molecule has 16 heavy (non-hydrogen) atoms. The minimum atomic E-state index is -1.95. The van der Waals surface area contributed by atoms with E-state index in [2.05, 4.69) is 4.74 Å². The van der Waals surface area contributed by atoms with Crippen molar-refractivity contribution in [2.45, 2.75) is 11.0 Å². The molecule has 0 bridgehead atoms. The molecule has 0 spiro atoms. The van der Waals surface area contributed by atoms with Crippen LogP contribution in [0.3, 0.4) is 0 Å². The van der Waals surface area contributed by atoms with Gasteiger partial charge in [-0.15, -0.1) is 11.8 Å². The number of esters is 1. The normalized spacial score (nSPS) is 12.3. The van der Waals surface area contributed by atoms with Crippen LogP contribution in [0.2, 0.25) is 0 Å². The third kappa shape index (κ3) is 2.33. The van der Waals surface area contributed by atoms with Crippen molar-refractivity contribution < 1.29 is 23.4 Å². The summed E-state index contributed by atoms with van der Waals surface area (Å²) in [5.41, 5.74) is -0.682. The summed E-state index contributed by atoms with van der Waals surface area (Å²) in [6.07, 6.45) is -0.345. The van der Waals surface area contributed by atoms with E-state index >= 15 is 0 Å². The molecule has 0 heterocycles. The number of ether oxygens (including phenoxy) is 1. The number of benzene rings is 1. The van der Waals surface area contributed by atoms with Crippen molar-refractivity contribution >= 4 is 17.7 Å². The monoisotopic (exact) mass is 248 g/mol. The first-order valence-electron chi connectivity index (χ1n) is 4.30. The van der Waals surface area contributed by atoms with Crippen molar-refractivity contribution in [1.82, 2.24) is 0 Å². The molecule has 0 radical (unpaired) electrons. The fourth-order valence-corrected chi connectivity index (χ4v) is 1.68. The van der Waals surface area contributed by atoms with Crippen LogP contribution < -0.4 is 0 Å². The molecular weight excluding hydrogens is 238 g/mol. The second-order valence-corrected chi connectivity index (χ2v) is 3.75. The molecule has 1 atom stereocenters. The van der Waals surface area contributed by atoms with E-state index in [-0.39, 0.29) is 4.90 Å². The number of carbonyl (C=O) groups excluding carboxylic acids is 1. The molecule has 1 rings (SSSR count). The van der Waals surface area contributed by atoms with Crippen LogP contribution in [0.15, 0.2) is 17.0 Å². The predicted octanol–water partition coefficient (Wildman–Crippen LogP) is 1.89. The lowest BCUT2D eigenvalue weighted by atomic mass is 10.1. The van der Waals surface area contributed by atoms with Crippen LogP contribution in [0, 0.1) is 11.6 Å². The summed E-state index contributed by atoms with van der Waals surface area (Å²) in [4.78, 5) is 11.2. The quantitative estimate of drug-likeness (QED) is 0.655. The lowest BCUT2D eigenvalue weighted by Gasteiger charge is -2.12. The Hall–Kier alpha value is -1.14. The van der Waals surface area contributed by atoms with Gasteiger partial charge >= 0.3 is 5.97 Å². The summed E-state index contributed by atoms with van der Waals surface area (Å²) in [5, 5.41) is 9.41. The summed E-state index contributed by atoms with van der Waals surface area (Å²) in [6, 6.07) is 2.24. The third-order valence-corrected chi connectivity index (χ3v) is 2.76. The van der Waals surface area contributed by atoms with Crippen LogP contribution in [-0.4, -0.2) is 24.4 Å². The first-order chi connectivity index (χ1) is 7.52. The summed E-state index contributed by atoms with van der Waals surface area (Å²) in [6.45, 7) is 0. The second kappa shape index (κ2) is 5.27. The first kappa shape index (κ1) is 12.9. The highest BCUT2D eigenvalue weighted by Gasteiger charge is 2.26. The second-order valence-electron chi connectivity index (χ2n) is 2.90. The topological polar surface area (TPSA) is 46.5 Å². The van der Waals surface area contributed by atoms with Crippen molar-refractivity contribution in [3.63, 3.8) is 0 Å². The lowest BCUT2D eigenvalue weighted by molar-refractivity contribution is -0.151. The maximum atomic E-state index is 13.7. The van der Waals surface area contributed by atoms with Crippen molar-refractivity contribution in [2.24, 2.45) is 0 Å². The zero-order valence-corrected chi connectivity index (χ0v) is 9.48. The average molecular weight is 248 g/mol. The van der Waals surface area contributed by atoms with Crippen LogP contribution in [0.4, 0.5) is 8.78 Å². The molecule has 0 saturated carbocycles. The van der Waals surface area contributed by atoms with Crippen molar-refractivity contribution in [3.05, 3.63) is 29.3 Å². The smallest absolute Gasteiger partial charge is 0.339 e. The molecule has 88 valence electrons. The molecule has 0 aliphatic rings. The van der Waals surface area contributed by atoms with Gasteiger partial charge in [-0.1, -0.05) is 0 Å². The van der Waals surface area contributed by atoms with Gasteiger partial charge in [0.2, 0.25) is 0 Å². The molecule has 0 aliphatic carbocycles. The van der Waals surface area contributed by atoms with E-state index in [1.165, 1.54) is 6.07 Å². The Morgan fingerprint density at radius 1 is 1.50 bits per heavy atom. The molecule has 1 unspecified atom stereocenters. The Labute approximate surface area is 95.4 Å². The maximum Gasteiger partial charge on any atom is 0.339 e. The minimum Gasteiger partial charge on any atom is -0.467 e. The van der Waals surface area contributed by atoms with Gasteiger partial charge in [-0.2, -0.15) is 0 Å². The molecule has 0 amide bonds. The average Bonchev–Trinajstić information content (AvgIpc) is 2.28. The van der Waals surface area contributed by atoms with E-state index in [0.29, 0.717) is 0 Å². The first-order valence-corrected chi connectivity index (χ1v) is 5.53. The molecule has 0 fully saturated rings. The Kier molecular flexibility index (Phi) is 4.26. The van der Waals surface area contributed by atoms with E-state index in [9.17, 15) is 18.7 Å². The van der Waals surface area contributed by atoms with Crippen LogP contribution in [0.25, 0.3) is 0 Å². The molecule has 1 N–H and O–H groups in total. The van der Waals surface area contributed by atoms with E-state index in [4.69, 9.17) is 0 Å². The number of hydrogen-bond acceptors (Lipinski definition) is 4. The van der Waals surface area contributed by atoms with Gasteiger partial charge in [0, 0.05) is 4.90 Å². The van der Waals surface area contributed by atoms with Gasteiger partial charge < -0.3 is 9.84 Å². The predicted molar refractivity (Wildman–Crippen MR) is 55.1 cm³/mol. The number of aliphatic hydroxyl groups is 1. The molecule has 0 aromatic heterocycles. The Morgan fingerprint density at radius 3 is 2.62 bits per heavy atom. The fourth-order valence-electron chi connectivity index (χ4n) is 1.19. The Balaban J connectivity index is 3.26. The van der Waals surface area contributed by atoms with Crippen LogP contribution in [0.1, 0.15) is 11.7 Å². The van der Waals surface area contributed by atoms with Crippen LogP contribution >= 0.6 is 11.8 Å². The van der Waals surface area contributed by atoms with Crippen molar-refractivity contribution in [1.29, 1.82) is 0 Å². The number of carbonyl (C=O) groups is 1. The van der Waals surface area contributed by atoms with Gasteiger partial charge in [0.1, 0.15) is 11.6 Å². The number of halogens is 2. The highest BCUT2D eigenvalue weighted by atomic mass is 32.2. The molecule has 0 saturated heterocycles. The molecule has 1 aromatic carbocycles. The molecule has 6 heteroatoms. The van der Waals surface area contributed by atoms with Gasteiger partial charge in [-0.3, -0.25) is 0 Å². The van der Waals surface area contributed by atoms with Crippen LogP contribution in [-0.2, 0) is 9.53 Å². The highest BCUT2D eigenvalue weighted by molar-refractivity contribution is 7.98. The van der Waals surface area contributed by atoms with E-state index in [1.807, 2.05) is 0 Å². The zero-order chi connectivity index (χ0) is 12.3. The molecule has 3 nitrogen and oxygen atoms in total. The summed E-state index contributed by atoms with van der Waals surface area (Å²) in [5.74, 6) is -3.02. The van der Waals surface area contributed by atoms with Crippen LogP contribution in [0.5, 0.6) is 0 Å². The third-order valence-electron chi connectivity index (χ3n) is 2.01. The van der Waals surface area contributed by atoms with Gasteiger partial charge in [0.15, 0.2) is 6.10 Å². The highest BCUT2D eigenvalue weighted by Crippen LogP contribution is 2.28. The van der Waals surface area contributed by atoms with E-state index in [0.717, 1.165) is 24.9 Å².